The molecule has 28 heavy (non-hydrogen) atoms. The van der Waals surface area contributed by atoms with Crippen LogP contribution in [0.3, 0.4) is 0 Å². The van der Waals surface area contributed by atoms with Crippen LogP contribution in [0, 0.1) is 11.7 Å². The van der Waals surface area contributed by atoms with Crippen molar-refractivity contribution in [3.8, 4) is 17.4 Å². The number of hydrogen-bond donors (Lipinski definition) is 0. The number of aromatic nitrogens is 1. The van der Waals surface area contributed by atoms with Crippen LogP contribution < -0.4 is 9.47 Å². The van der Waals surface area contributed by atoms with Crippen molar-refractivity contribution in [2.24, 2.45) is 5.92 Å². The van der Waals surface area contributed by atoms with Crippen molar-refractivity contribution in [3.05, 3.63) is 47.9 Å². The van der Waals surface area contributed by atoms with Gasteiger partial charge in [0, 0.05) is 56.5 Å². The van der Waals surface area contributed by atoms with Crippen LogP contribution in [0.4, 0.5) is 4.39 Å². The monoisotopic (exact) mass is 387 g/mol. The fraction of sp³-hybridized carbons (Fsp3) is 0.429. The first-order chi connectivity index (χ1) is 13.5. The molecule has 2 heterocycles. The van der Waals surface area contributed by atoms with Gasteiger partial charge in [0.2, 0.25) is 11.8 Å². The normalized spacial score (nSPS) is 15.0. The quantitative estimate of drug-likeness (QED) is 0.761. The number of ether oxygens (including phenoxy) is 2. The molecule has 0 bridgehead atoms. The fourth-order valence-electron chi connectivity index (χ4n) is 3.20. The number of carbonyl (C=O) groups is 1. The lowest BCUT2D eigenvalue weighted by Crippen LogP contribution is -2.49. The first kappa shape index (κ1) is 20.1. The molecule has 0 radical (unpaired) electrons. The van der Waals surface area contributed by atoms with Crippen molar-refractivity contribution in [1.29, 1.82) is 0 Å². The summed E-state index contributed by atoms with van der Waals surface area (Å²) in [6, 6.07) is 8.18. The Morgan fingerprint density at radius 1 is 1.21 bits per heavy atom. The topological polar surface area (TPSA) is 54.9 Å². The number of pyridine rings is 1. The van der Waals surface area contributed by atoms with Crippen LogP contribution in [-0.4, -0.2) is 54.0 Å². The minimum absolute atomic E-state index is 0.00419. The van der Waals surface area contributed by atoms with Crippen molar-refractivity contribution in [3.63, 3.8) is 0 Å². The van der Waals surface area contributed by atoms with Crippen molar-refractivity contribution in [2.75, 3.05) is 33.3 Å². The summed E-state index contributed by atoms with van der Waals surface area (Å²) >= 11 is 0. The van der Waals surface area contributed by atoms with E-state index in [9.17, 15) is 9.18 Å². The van der Waals surface area contributed by atoms with Crippen molar-refractivity contribution in [2.45, 2.75) is 20.4 Å². The molecule has 3 rings (SSSR count). The van der Waals surface area contributed by atoms with E-state index in [-0.39, 0.29) is 17.6 Å². The highest BCUT2D eigenvalue weighted by Gasteiger charge is 2.24. The molecule has 0 aliphatic carbocycles. The van der Waals surface area contributed by atoms with Gasteiger partial charge in [-0.3, -0.25) is 9.69 Å². The van der Waals surface area contributed by atoms with Crippen molar-refractivity contribution in [1.82, 2.24) is 14.8 Å². The van der Waals surface area contributed by atoms with Gasteiger partial charge in [0.1, 0.15) is 17.3 Å². The van der Waals surface area contributed by atoms with E-state index in [1.54, 1.807) is 30.5 Å². The van der Waals surface area contributed by atoms with Gasteiger partial charge in [-0.1, -0.05) is 19.9 Å². The SMILES string of the molecule is COc1cc(Oc2cccc(F)c2CN2CCN(C(=O)C(C)C)CC2)ccn1. The summed E-state index contributed by atoms with van der Waals surface area (Å²) in [4.78, 5) is 20.2. The number of rotatable bonds is 6. The molecule has 1 aliphatic rings. The average Bonchev–Trinajstić information content (AvgIpc) is 2.70. The maximum Gasteiger partial charge on any atom is 0.225 e. The summed E-state index contributed by atoms with van der Waals surface area (Å²) in [6.45, 7) is 6.96. The van der Waals surface area contributed by atoms with E-state index in [4.69, 9.17) is 9.47 Å². The molecule has 2 aromatic rings. The van der Waals surface area contributed by atoms with E-state index in [1.165, 1.54) is 13.2 Å². The Morgan fingerprint density at radius 2 is 1.96 bits per heavy atom. The number of carbonyl (C=O) groups excluding carboxylic acids is 1. The first-order valence-corrected chi connectivity index (χ1v) is 9.44. The number of hydrogen-bond acceptors (Lipinski definition) is 5. The molecule has 0 unspecified atom stereocenters. The summed E-state index contributed by atoms with van der Waals surface area (Å²) in [5, 5.41) is 0. The van der Waals surface area contributed by atoms with Crippen LogP contribution in [-0.2, 0) is 11.3 Å². The number of halogens is 1. The predicted molar refractivity (Wildman–Crippen MR) is 104 cm³/mol. The maximum absolute atomic E-state index is 14.6. The minimum Gasteiger partial charge on any atom is -0.481 e. The van der Waals surface area contributed by atoms with E-state index < -0.39 is 0 Å². The van der Waals surface area contributed by atoms with E-state index >= 15 is 0 Å². The molecular formula is C21H26FN3O3. The molecule has 7 heteroatoms. The Morgan fingerprint density at radius 3 is 2.64 bits per heavy atom. The van der Waals surface area contributed by atoms with Crippen LogP contribution in [0.25, 0.3) is 0 Å². The highest BCUT2D eigenvalue weighted by Crippen LogP contribution is 2.29. The zero-order valence-electron chi connectivity index (χ0n) is 16.5. The number of amides is 1. The molecule has 1 saturated heterocycles. The van der Waals surface area contributed by atoms with E-state index in [0.717, 1.165) is 0 Å². The first-order valence-electron chi connectivity index (χ1n) is 9.44. The second-order valence-corrected chi connectivity index (χ2v) is 7.11. The third kappa shape index (κ3) is 4.78. The third-order valence-corrected chi connectivity index (χ3v) is 4.78. The van der Waals surface area contributed by atoms with Crippen LogP contribution in [0.2, 0.25) is 0 Å². The molecule has 1 amide bonds. The number of piperazine rings is 1. The summed E-state index contributed by atoms with van der Waals surface area (Å²) in [5.74, 6) is 1.29. The van der Waals surface area contributed by atoms with Crippen molar-refractivity contribution >= 4 is 5.91 Å². The molecule has 1 aliphatic heterocycles. The van der Waals surface area contributed by atoms with Gasteiger partial charge < -0.3 is 14.4 Å². The summed E-state index contributed by atoms with van der Waals surface area (Å²) < 4.78 is 25.6. The molecule has 1 aromatic carbocycles. The smallest absolute Gasteiger partial charge is 0.225 e. The van der Waals surface area contributed by atoms with Crippen LogP contribution in [0.5, 0.6) is 17.4 Å². The van der Waals surface area contributed by atoms with E-state index in [2.05, 4.69) is 9.88 Å². The van der Waals surface area contributed by atoms with E-state index in [0.29, 0.717) is 55.7 Å². The highest BCUT2D eigenvalue weighted by atomic mass is 19.1. The summed E-state index contributed by atoms with van der Waals surface area (Å²) in [6.07, 6.45) is 1.58. The standard InChI is InChI=1S/C21H26FN3O3/c1-15(2)21(26)25-11-9-24(10-12-25)14-17-18(22)5-4-6-19(17)28-16-7-8-23-20(13-16)27-3/h4-8,13,15H,9-12,14H2,1-3H3. The van der Waals surface area contributed by atoms with Gasteiger partial charge >= 0.3 is 0 Å². The molecule has 150 valence electrons. The zero-order chi connectivity index (χ0) is 20.1. The highest BCUT2D eigenvalue weighted by molar-refractivity contribution is 5.78. The van der Waals surface area contributed by atoms with Gasteiger partial charge in [-0.15, -0.1) is 0 Å². The van der Waals surface area contributed by atoms with Gasteiger partial charge in [0.25, 0.3) is 0 Å². The van der Waals surface area contributed by atoms with Gasteiger partial charge in [0.15, 0.2) is 0 Å². The maximum atomic E-state index is 14.6. The number of benzene rings is 1. The molecule has 0 atom stereocenters. The second kappa shape index (κ2) is 9.01. The predicted octanol–water partition coefficient (Wildman–Crippen LogP) is 3.32. The molecule has 0 saturated carbocycles. The van der Waals surface area contributed by atoms with Crippen molar-refractivity contribution < 1.29 is 18.7 Å². The molecule has 1 fully saturated rings. The number of methoxy groups -OCH3 is 1. The van der Waals surface area contributed by atoms with Crippen LogP contribution >= 0.6 is 0 Å². The summed E-state index contributed by atoms with van der Waals surface area (Å²) in [5.41, 5.74) is 0.502. The molecule has 6 nitrogen and oxygen atoms in total. The lowest BCUT2D eigenvalue weighted by Gasteiger charge is -2.35. The Hall–Kier alpha value is -2.67. The molecule has 1 aromatic heterocycles. The minimum atomic E-state index is -0.306. The van der Waals surface area contributed by atoms with Crippen LogP contribution in [0.1, 0.15) is 19.4 Å². The second-order valence-electron chi connectivity index (χ2n) is 7.11. The Balaban J connectivity index is 1.70. The zero-order valence-corrected chi connectivity index (χ0v) is 16.5. The van der Waals surface area contributed by atoms with Crippen LogP contribution in [0.15, 0.2) is 36.5 Å². The van der Waals surface area contributed by atoms with Gasteiger partial charge in [-0.25, -0.2) is 9.37 Å². The van der Waals surface area contributed by atoms with Gasteiger partial charge in [0.05, 0.1) is 7.11 Å². The Bertz CT molecular complexity index is 820. The Labute approximate surface area is 164 Å². The number of nitrogens with zero attached hydrogens (tertiary/aromatic N) is 3. The molecule has 0 spiro atoms. The lowest BCUT2D eigenvalue weighted by molar-refractivity contribution is -0.136. The molecular weight excluding hydrogens is 361 g/mol. The Kier molecular flexibility index (Phi) is 6.46. The summed E-state index contributed by atoms with van der Waals surface area (Å²) in [7, 11) is 1.53. The van der Waals surface area contributed by atoms with Gasteiger partial charge in [-0.2, -0.15) is 0 Å². The molecule has 0 N–H and O–H groups in total. The lowest BCUT2D eigenvalue weighted by atomic mass is 10.1. The van der Waals surface area contributed by atoms with Gasteiger partial charge in [-0.05, 0) is 18.2 Å². The fourth-order valence-corrected chi connectivity index (χ4v) is 3.20. The third-order valence-electron chi connectivity index (χ3n) is 4.78. The van der Waals surface area contributed by atoms with E-state index in [1.807, 2.05) is 18.7 Å². The average molecular weight is 387 g/mol. The largest absolute Gasteiger partial charge is 0.481 e.